The Morgan fingerprint density at radius 3 is 2.52 bits per heavy atom. The van der Waals surface area contributed by atoms with Crippen molar-refractivity contribution in [2.24, 2.45) is 14.1 Å². The van der Waals surface area contributed by atoms with E-state index in [9.17, 15) is 9.59 Å². The van der Waals surface area contributed by atoms with E-state index in [2.05, 4.69) is 10.1 Å². The number of aromatic nitrogens is 5. The first kappa shape index (κ1) is 17.2. The lowest BCUT2D eigenvalue weighted by atomic mass is 10.1. The molecule has 0 aliphatic rings. The fourth-order valence-electron chi connectivity index (χ4n) is 3.19. The predicted octanol–water partition coefficient (Wildman–Crippen LogP) is 1.45. The van der Waals surface area contributed by atoms with E-state index in [1.54, 1.807) is 13.4 Å². The van der Waals surface area contributed by atoms with Crippen molar-refractivity contribution >= 4 is 11.2 Å². The minimum absolute atomic E-state index is 0.300. The lowest BCUT2D eigenvalue weighted by Gasteiger charge is -2.07. The van der Waals surface area contributed by atoms with Crippen molar-refractivity contribution in [2.45, 2.75) is 46.1 Å². The molecule has 0 bridgehead atoms. The van der Waals surface area contributed by atoms with E-state index in [1.165, 1.54) is 17.2 Å². The van der Waals surface area contributed by atoms with Gasteiger partial charge in [-0.3, -0.25) is 13.9 Å². The zero-order chi connectivity index (χ0) is 18.1. The molecule has 0 N–H and O–H groups in total. The monoisotopic (exact) mass is 345 g/mol. The molecule has 8 heteroatoms. The Kier molecular flexibility index (Phi) is 4.61. The Hall–Kier alpha value is -2.64. The van der Waals surface area contributed by atoms with Gasteiger partial charge in [-0.15, -0.1) is 0 Å². The van der Waals surface area contributed by atoms with Crippen LogP contribution in [0.1, 0.15) is 36.3 Å². The van der Waals surface area contributed by atoms with Crippen LogP contribution >= 0.6 is 0 Å². The van der Waals surface area contributed by atoms with Crippen LogP contribution in [0.15, 0.2) is 20.4 Å². The van der Waals surface area contributed by atoms with Crippen molar-refractivity contribution in [3.05, 3.63) is 44.2 Å². The second-order valence-electron chi connectivity index (χ2n) is 6.43. The Morgan fingerprint density at radius 2 is 1.84 bits per heavy atom. The third kappa shape index (κ3) is 3.04. The first-order chi connectivity index (χ1) is 11.9. The molecule has 0 amide bonds. The van der Waals surface area contributed by atoms with Crippen molar-refractivity contribution in [3.8, 4) is 0 Å². The zero-order valence-corrected chi connectivity index (χ0v) is 15.1. The lowest BCUT2D eigenvalue weighted by molar-refractivity contribution is 0.392. The van der Waals surface area contributed by atoms with Gasteiger partial charge in [0.15, 0.2) is 11.2 Å². The van der Waals surface area contributed by atoms with Gasteiger partial charge in [0, 0.05) is 26.2 Å². The van der Waals surface area contributed by atoms with Gasteiger partial charge in [-0.25, -0.2) is 9.78 Å². The molecule has 0 saturated carbocycles. The van der Waals surface area contributed by atoms with Gasteiger partial charge in [-0.1, -0.05) is 11.6 Å². The molecule has 0 spiro atoms. The third-order valence-electron chi connectivity index (χ3n) is 4.72. The fourth-order valence-corrected chi connectivity index (χ4v) is 3.19. The predicted molar refractivity (Wildman–Crippen MR) is 93.7 cm³/mol. The number of rotatable bonds is 6. The summed E-state index contributed by atoms with van der Waals surface area (Å²) in [4.78, 5) is 28.6. The molecular weight excluding hydrogens is 322 g/mol. The molecule has 0 saturated heterocycles. The molecule has 0 atom stereocenters. The van der Waals surface area contributed by atoms with Crippen LogP contribution in [0.25, 0.3) is 11.2 Å². The molecule has 3 aromatic rings. The van der Waals surface area contributed by atoms with Gasteiger partial charge in [0.05, 0.1) is 12.0 Å². The number of imidazole rings is 1. The van der Waals surface area contributed by atoms with Crippen LogP contribution in [0, 0.1) is 13.8 Å². The van der Waals surface area contributed by atoms with Crippen LogP contribution in [0.3, 0.4) is 0 Å². The Labute approximate surface area is 144 Å². The third-order valence-corrected chi connectivity index (χ3v) is 4.72. The van der Waals surface area contributed by atoms with Crippen LogP contribution < -0.4 is 11.2 Å². The maximum Gasteiger partial charge on any atom is 0.332 e. The number of hydrogen-bond donors (Lipinski definition) is 0. The normalized spacial score (nSPS) is 11.5. The van der Waals surface area contributed by atoms with Crippen LogP contribution in [0.5, 0.6) is 0 Å². The molecule has 0 fully saturated rings. The summed E-state index contributed by atoms with van der Waals surface area (Å²) in [6.07, 6.45) is 5.57. The molecule has 0 radical (unpaired) electrons. The van der Waals surface area contributed by atoms with Crippen molar-refractivity contribution in [2.75, 3.05) is 0 Å². The minimum Gasteiger partial charge on any atom is -0.361 e. The van der Waals surface area contributed by atoms with Crippen LogP contribution in [0.4, 0.5) is 0 Å². The van der Waals surface area contributed by atoms with Crippen LogP contribution in [0.2, 0.25) is 0 Å². The van der Waals surface area contributed by atoms with E-state index in [0.29, 0.717) is 17.7 Å². The Morgan fingerprint density at radius 1 is 1.08 bits per heavy atom. The number of aryl methyl sites for hydroxylation is 4. The number of unbranched alkanes of at least 4 members (excludes halogenated alkanes) is 2. The average Bonchev–Trinajstić information content (AvgIpc) is 3.15. The van der Waals surface area contributed by atoms with Gasteiger partial charge in [-0.2, -0.15) is 0 Å². The van der Waals surface area contributed by atoms with Crippen LogP contribution in [-0.4, -0.2) is 23.8 Å². The fraction of sp³-hybridized carbons (Fsp3) is 0.529. The molecule has 0 unspecified atom stereocenters. The highest BCUT2D eigenvalue weighted by Gasteiger charge is 2.14. The van der Waals surface area contributed by atoms with Gasteiger partial charge in [0.25, 0.3) is 5.56 Å². The van der Waals surface area contributed by atoms with E-state index < -0.39 is 0 Å². The average molecular weight is 345 g/mol. The standard InChI is InChI=1S/C17H23N5O3/c1-11-13(12(2)25-19-11)8-6-5-7-9-22-10-18-15-14(22)16(23)21(4)17(24)20(15)3/h10H,5-9H2,1-4H3. The molecule has 25 heavy (non-hydrogen) atoms. The summed E-state index contributed by atoms with van der Waals surface area (Å²) in [6, 6.07) is 0. The highest BCUT2D eigenvalue weighted by molar-refractivity contribution is 5.69. The molecule has 3 rings (SSSR count). The highest BCUT2D eigenvalue weighted by atomic mass is 16.5. The number of fused-ring (bicyclic) bond motifs is 1. The summed E-state index contributed by atoms with van der Waals surface area (Å²) in [6.45, 7) is 4.60. The minimum atomic E-state index is -0.359. The first-order valence-electron chi connectivity index (χ1n) is 8.44. The van der Waals surface area contributed by atoms with Crippen molar-refractivity contribution in [3.63, 3.8) is 0 Å². The van der Waals surface area contributed by atoms with Gasteiger partial charge < -0.3 is 9.09 Å². The number of nitrogens with zero attached hydrogens (tertiary/aromatic N) is 5. The van der Waals surface area contributed by atoms with Gasteiger partial charge >= 0.3 is 5.69 Å². The number of hydrogen-bond acceptors (Lipinski definition) is 5. The van der Waals surface area contributed by atoms with Crippen molar-refractivity contribution in [1.82, 2.24) is 23.8 Å². The molecule has 0 aliphatic carbocycles. The summed E-state index contributed by atoms with van der Waals surface area (Å²) in [5, 5.41) is 3.97. The Balaban J connectivity index is 1.66. The molecule has 0 aliphatic heterocycles. The smallest absolute Gasteiger partial charge is 0.332 e. The summed E-state index contributed by atoms with van der Waals surface area (Å²) in [5.74, 6) is 0.891. The largest absolute Gasteiger partial charge is 0.361 e. The topological polar surface area (TPSA) is 87.8 Å². The summed E-state index contributed by atoms with van der Waals surface area (Å²) < 4.78 is 9.55. The SMILES string of the molecule is Cc1noc(C)c1CCCCCn1cnc2c1c(=O)n(C)c(=O)n2C. The molecule has 8 nitrogen and oxygen atoms in total. The van der Waals surface area contributed by atoms with E-state index in [-0.39, 0.29) is 11.2 Å². The lowest BCUT2D eigenvalue weighted by Crippen LogP contribution is -2.37. The van der Waals surface area contributed by atoms with Gasteiger partial charge in [-0.05, 0) is 33.1 Å². The second-order valence-corrected chi connectivity index (χ2v) is 6.43. The quantitative estimate of drug-likeness (QED) is 0.631. The van der Waals surface area contributed by atoms with Gasteiger partial charge in [0.1, 0.15) is 5.76 Å². The molecule has 3 heterocycles. The van der Waals surface area contributed by atoms with Crippen molar-refractivity contribution < 1.29 is 4.52 Å². The summed E-state index contributed by atoms with van der Waals surface area (Å²) in [7, 11) is 3.12. The maximum atomic E-state index is 12.4. The maximum absolute atomic E-state index is 12.4. The van der Waals surface area contributed by atoms with Crippen LogP contribution in [-0.2, 0) is 27.1 Å². The summed E-state index contributed by atoms with van der Waals surface area (Å²) >= 11 is 0. The highest BCUT2D eigenvalue weighted by Crippen LogP contribution is 2.16. The molecule has 3 aromatic heterocycles. The van der Waals surface area contributed by atoms with Crippen molar-refractivity contribution in [1.29, 1.82) is 0 Å². The van der Waals surface area contributed by atoms with E-state index in [0.717, 1.165) is 41.7 Å². The van der Waals surface area contributed by atoms with E-state index >= 15 is 0 Å². The van der Waals surface area contributed by atoms with E-state index in [4.69, 9.17) is 4.52 Å². The first-order valence-corrected chi connectivity index (χ1v) is 8.44. The molecule has 134 valence electrons. The van der Waals surface area contributed by atoms with E-state index in [1.807, 2.05) is 18.4 Å². The zero-order valence-electron chi connectivity index (χ0n) is 15.1. The van der Waals surface area contributed by atoms with Gasteiger partial charge in [0.2, 0.25) is 0 Å². The molecule has 0 aromatic carbocycles. The Bertz CT molecular complexity index is 1000. The molecular formula is C17H23N5O3. The summed E-state index contributed by atoms with van der Waals surface area (Å²) in [5.41, 5.74) is 2.41. The second kappa shape index (κ2) is 6.70.